The monoisotopic (exact) mass is 822 g/mol. The molecule has 0 nitrogen and oxygen atoms in total. The van der Waals surface area contributed by atoms with E-state index in [2.05, 4.69) is 221 Å². The van der Waals surface area contributed by atoms with Gasteiger partial charge in [0.1, 0.15) is 0 Å². The fourth-order valence-corrected chi connectivity index (χ4v) is 11.4. The van der Waals surface area contributed by atoms with Crippen LogP contribution in [0.5, 0.6) is 0 Å². The maximum absolute atomic E-state index is 2.33. The molecule has 12 rings (SSSR count). The van der Waals surface area contributed by atoms with Gasteiger partial charge in [0, 0.05) is 60.5 Å². The number of aryl methyl sites for hydroxylation is 3. The van der Waals surface area contributed by atoms with Gasteiger partial charge in [-0.3, -0.25) is 0 Å². The first-order chi connectivity index (χ1) is 29.4. The van der Waals surface area contributed by atoms with Crippen molar-refractivity contribution in [2.75, 3.05) is 0 Å². The Labute approximate surface area is 363 Å². The van der Waals surface area contributed by atoms with Crippen LogP contribution in [0.2, 0.25) is 0 Å². The largest absolute Gasteiger partial charge is 0.135 e. The van der Waals surface area contributed by atoms with E-state index < -0.39 is 0 Å². The zero-order chi connectivity index (χ0) is 40.6. The minimum Gasteiger partial charge on any atom is -0.135 e. The van der Waals surface area contributed by atoms with Crippen molar-refractivity contribution in [2.24, 2.45) is 0 Å². The summed E-state index contributed by atoms with van der Waals surface area (Å²) in [6.45, 7) is 6.44. The fourth-order valence-electron chi connectivity index (χ4n) is 8.17. The molecule has 0 saturated carbocycles. The molecule has 0 aliphatic rings. The lowest BCUT2D eigenvalue weighted by atomic mass is 9.99. The second-order valence-electron chi connectivity index (χ2n) is 15.5. The lowest BCUT2D eigenvalue weighted by Gasteiger charge is -2.05. The van der Waals surface area contributed by atoms with Crippen LogP contribution in [0.15, 0.2) is 200 Å². The van der Waals surface area contributed by atoms with E-state index in [0.717, 1.165) is 0 Å². The number of hydrogen-bond acceptors (Lipinski definition) is 3. The van der Waals surface area contributed by atoms with Crippen LogP contribution in [0.4, 0.5) is 0 Å². The first kappa shape index (κ1) is 37.9. The van der Waals surface area contributed by atoms with E-state index in [9.17, 15) is 0 Å². The van der Waals surface area contributed by atoms with Crippen molar-refractivity contribution in [1.82, 2.24) is 0 Å². The summed E-state index contributed by atoms with van der Waals surface area (Å²) in [5.74, 6) is 0. The summed E-state index contributed by atoms with van der Waals surface area (Å²) in [7, 11) is 0. The van der Waals surface area contributed by atoms with Crippen molar-refractivity contribution >= 4 is 94.5 Å². The molecule has 0 bridgehead atoms. The van der Waals surface area contributed by atoms with Gasteiger partial charge in [-0.2, -0.15) is 0 Å². The molecule has 0 fully saturated rings. The Morgan fingerprint density at radius 1 is 0.250 bits per heavy atom. The third kappa shape index (κ3) is 7.53. The van der Waals surface area contributed by atoms with Crippen LogP contribution in [0.3, 0.4) is 0 Å². The summed E-state index contributed by atoms with van der Waals surface area (Å²) in [6, 6.07) is 72.4. The predicted octanol–water partition coefficient (Wildman–Crippen LogP) is 18.1. The van der Waals surface area contributed by atoms with E-state index in [4.69, 9.17) is 0 Å². The molecule has 0 radical (unpaired) electrons. The lowest BCUT2D eigenvalue weighted by molar-refractivity contribution is 1.46. The molecule has 3 aromatic heterocycles. The number of benzene rings is 9. The first-order valence-corrected chi connectivity index (χ1v) is 22.8. The van der Waals surface area contributed by atoms with Gasteiger partial charge in [-0.25, -0.2) is 0 Å². The average molecular weight is 823 g/mol. The summed E-state index contributed by atoms with van der Waals surface area (Å²) in [6.07, 6.45) is 0. The third-order valence-corrected chi connectivity index (χ3v) is 14.8. The normalized spacial score (nSPS) is 11.2. The maximum atomic E-state index is 2.33. The highest BCUT2D eigenvalue weighted by Crippen LogP contribution is 2.39. The first-order valence-electron chi connectivity index (χ1n) is 20.4. The van der Waals surface area contributed by atoms with E-state index in [1.807, 2.05) is 34.0 Å². The molecule has 0 aliphatic heterocycles. The Morgan fingerprint density at radius 3 is 1.17 bits per heavy atom. The SMILES string of the molecule is Cc1ccc(-c2ccc3sc4ccccc4c3c2)cc1.Cc1cccc(-c2ccc3sc4ccccc4c3c2)c1.Cc1ccccc1-c1ccc2sc3ccccc3c2c1. The average Bonchev–Trinajstić information content (AvgIpc) is 3.98. The Morgan fingerprint density at radius 2 is 0.650 bits per heavy atom. The summed E-state index contributed by atoms with van der Waals surface area (Å²) in [5, 5.41) is 8.19. The second kappa shape index (κ2) is 16.4. The van der Waals surface area contributed by atoms with E-state index >= 15 is 0 Å². The van der Waals surface area contributed by atoms with Gasteiger partial charge < -0.3 is 0 Å². The van der Waals surface area contributed by atoms with Gasteiger partial charge in [0.15, 0.2) is 0 Å². The van der Waals surface area contributed by atoms with Crippen molar-refractivity contribution in [3.63, 3.8) is 0 Å². The van der Waals surface area contributed by atoms with Crippen molar-refractivity contribution in [2.45, 2.75) is 20.8 Å². The molecule has 60 heavy (non-hydrogen) atoms. The van der Waals surface area contributed by atoms with Gasteiger partial charge in [0.2, 0.25) is 0 Å². The fraction of sp³-hybridized carbons (Fsp3) is 0.0526. The van der Waals surface area contributed by atoms with Crippen LogP contribution < -0.4 is 0 Å². The van der Waals surface area contributed by atoms with Crippen LogP contribution in [0, 0.1) is 20.8 Å². The highest BCUT2D eigenvalue weighted by molar-refractivity contribution is 7.26. The second-order valence-corrected chi connectivity index (χ2v) is 18.7. The molecule has 9 aromatic carbocycles. The molecular formula is C57H42S3. The van der Waals surface area contributed by atoms with Crippen LogP contribution in [0.25, 0.3) is 93.9 Å². The van der Waals surface area contributed by atoms with Crippen LogP contribution in [-0.2, 0) is 0 Å². The quantitative estimate of drug-likeness (QED) is 0.167. The smallest absolute Gasteiger partial charge is 0.0355 e. The third-order valence-electron chi connectivity index (χ3n) is 11.3. The summed E-state index contributed by atoms with van der Waals surface area (Å²) in [5.41, 5.74) is 11.7. The topological polar surface area (TPSA) is 0 Å². The summed E-state index contributed by atoms with van der Waals surface area (Å²) >= 11 is 5.61. The highest BCUT2D eigenvalue weighted by Gasteiger charge is 2.09. The Kier molecular flexibility index (Phi) is 10.3. The molecular weight excluding hydrogens is 781 g/mol. The van der Waals surface area contributed by atoms with Gasteiger partial charge in [-0.05, 0) is 114 Å². The summed E-state index contributed by atoms with van der Waals surface area (Å²) in [4.78, 5) is 0. The maximum Gasteiger partial charge on any atom is 0.0355 e. The standard InChI is InChI=1S/3C19H14S/c1-13-5-4-6-14(11-13)15-9-10-19-17(12-15)16-7-2-3-8-18(16)20-19;1-13-6-2-3-7-15(13)14-10-11-19-17(12-14)16-8-4-5-9-18(16)20-19;1-13-6-8-14(9-7-13)15-10-11-19-17(12-15)16-4-2-3-5-18(16)20-19/h3*2-12H,1H3. The molecule has 3 heteroatoms. The van der Waals surface area contributed by atoms with Crippen LogP contribution >= 0.6 is 34.0 Å². The van der Waals surface area contributed by atoms with Crippen molar-refractivity contribution in [3.8, 4) is 33.4 Å². The highest BCUT2D eigenvalue weighted by atomic mass is 32.1. The van der Waals surface area contributed by atoms with E-state index in [-0.39, 0.29) is 0 Å². The predicted molar refractivity (Wildman–Crippen MR) is 269 cm³/mol. The van der Waals surface area contributed by atoms with Gasteiger partial charge >= 0.3 is 0 Å². The molecule has 0 N–H and O–H groups in total. The molecule has 288 valence electrons. The van der Waals surface area contributed by atoms with Crippen molar-refractivity contribution in [1.29, 1.82) is 0 Å². The van der Waals surface area contributed by atoms with E-state index in [1.54, 1.807) is 0 Å². The minimum absolute atomic E-state index is 1.28. The Balaban J connectivity index is 0.000000108. The molecule has 12 aromatic rings. The van der Waals surface area contributed by atoms with Gasteiger partial charge in [0.05, 0.1) is 0 Å². The van der Waals surface area contributed by atoms with Gasteiger partial charge in [-0.15, -0.1) is 34.0 Å². The zero-order valence-electron chi connectivity index (χ0n) is 33.8. The van der Waals surface area contributed by atoms with Crippen LogP contribution in [0.1, 0.15) is 16.7 Å². The molecule has 0 unspecified atom stereocenters. The van der Waals surface area contributed by atoms with Gasteiger partial charge in [0.25, 0.3) is 0 Å². The summed E-state index contributed by atoms with van der Waals surface area (Å²) < 4.78 is 8.19. The number of rotatable bonds is 3. The Bertz CT molecular complexity index is 3470. The molecule has 0 amide bonds. The zero-order valence-corrected chi connectivity index (χ0v) is 36.2. The molecule has 0 spiro atoms. The lowest BCUT2D eigenvalue weighted by Crippen LogP contribution is -1.81. The van der Waals surface area contributed by atoms with Crippen molar-refractivity contribution < 1.29 is 0 Å². The van der Waals surface area contributed by atoms with Crippen LogP contribution in [-0.4, -0.2) is 0 Å². The minimum atomic E-state index is 1.28. The van der Waals surface area contributed by atoms with Gasteiger partial charge in [-0.1, -0.05) is 157 Å². The molecule has 0 aliphatic carbocycles. The molecule has 0 saturated heterocycles. The molecule has 3 heterocycles. The number of thiophene rings is 3. The Hall–Kier alpha value is -6.36. The van der Waals surface area contributed by atoms with Crippen molar-refractivity contribution in [3.05, 3.63) is 217 Å². The number of fused-ring (bicyclic) bond motifs is 9. The molecule has 0 atom stereocenters. The van der Waals surface area contributed by atoms with E-state index in [0.29, 0.717) is 0 Å². The number of hydrogen-bond donors (Lipinski definition) is 0. The van der Waals surface area contributed by atoms with E-state index in [1.165, 1.54) is 111 Å².